The number of benzene rings is 1. The second kappa shape index (κ2) is 4.00. The van der Waals surface area contributed by atoms with Crippen molar-refractivity contribution in [3.63, 3.8) is 0 Å². The molecule has 0 atom stereocenters. The minimum absolute atomic E-state index is 0.947. The van der Waals surface area contributed by atoms with E-state index in [1.165, 1.54) is 25.6 Å². The Morgan fingerprint density at radius 1 is 1.07 bits per heavy atom. The van der Waals surface area contributed by atoms with E-state index in [1.807, 2.05) is 5.38 Å². The Morgan fingerprint density at radius 3 is 2.40 bits per heavy atom. The number of nitrogens with zero attached hydrogens (tertiary/aromatic N) is 2. The van der Waals surface area contributed by atoms with Crippen molar-refractivity contribution >= 4 is 41.1 Å². The Balaban J connectivity index is 1.90. The van der Waals surface area contributed by atoms with Gasteiger partial charge in [-0.3, -0.25) is 0 Å². The van der Waals surface area contributed by atoms with Crippen LogP contribution < -0.4 is 0 Å². The van der Waals surface area contributed by atoms with Gasteiger partial charge in [-0.05, 0) is 29.7 Å². The van der Waals surface area contributed by atoms with E-state index in [9.17, 15) is 0 Å². The van der Waals surface area contributed by atoms with E-state index in [1.54, 1.807) is 23.5 Å². The van der Waals surface area contributed by atoms with E-state index >= 15 is 0 Å². The molecule has 0 bridgehead atoms. The maximum Gasteiger partial charge on any atom is 0.0998 e. The molecular weight excluding hydrogens is 244 g/mol. The van der Waals surface area contributed by atoms with Crippen molar-refractivity contribution in [2.75, 3.05) is 0 Å². The van der Waals surface area contributed by atoms with Crippen LogP contribution in [-0.2, 0) is 0 Å². The second-order valence-electron chi connectivity index (χ2n) is 2.94. The SMILES string of the molecule is C(=C1Sc2ccccc2S1)c1csnn1. The van der Waals surface area contributed by atoms with Crippen LogP contribution in [0.2, 0.25) is 0 Å². The second-order valence-corrected chi connectivity index (χ2v) is 5.98. The lowest BCUT2D eigenvalue weighted by Crippen LogP contribution is -1.70. The number of hydrogen-bond acceptors (Lipinski definition) is 5. The maximum absolute atomic E-state index is 4.01. The third-order valence-electron chi connectivity index (χ3n) is 1.91. The van der Waals surface area contributed by atoms with Crippen LogP contribution in [0.15, 0.2) is 43.7 Å². The molecule has 0 amide bonds. The first-order valence-electron chi connectivity index (χ1n) is 4.35. The fourth-order valence-electron chi connectivity index (χ4n) is 1.27. The molecule has 0 fully saturated rings. The molecule has 2 aromatic rings. The van der Waals surface area contributed by atoms with Crippen LogP contribution in [-0.4, -0.2) is 9.59 Å². The highest BCUT2D eigenvalue weighted by molar-refractivity contribution is 8.24. The van der Waals surface area contributed by atoms with Crippen LogP contribution in [0.25, 0.3) is 6.08 Å². The molecule has 0 saturated carbocycles. The third kappa shape index (κ3) is 1.95. The van der Waals surface area contributed by atoms with Crippen molar-refractivity contribution in [1.29, 1.82) is 0 Å². The molecular formula is C10H6N2S3. The quantitative estimate of drug-likeness (QED) is 0.770. The molecule has 2 nitrogen and oxygen atoms in total. The van der Waals surface area contributed by atoms with Crippen molar-refractivity contribution in [3.05, 3.63) is 39.6 Å². The Labute approximate surface area is 100.0 Å². The lowest BCUT2D eigenvalue weighted by atomic mass is 10.4. The van der Waals surface area contributed by atoms with Gasteiger partial charge in [0.05, 0.1) is 9.93 Å². The first-order valence-corrected chi connectivity index (χ1v) is 6.82. The predicted molar refractivity (Wildman–Crippen MR) is 66.0 cm³/mol. The van der Waals surface area contributed by atoms with Gasteiger partial charge in [0.25, 0.3) is 0 Å². The van der Waals surface area contributed by atoms with Gasteiger partial charge >= 0.3 is 0 Å². The van der Waals surface area contributed by atoms with Gasteiger partial charge in [-0.15, -0.1) is 5.10 Å². The van der Waals surface area contributed by atoms with Gasteiger partial charge in [0, 0.05) is 15.2 Å². The summed E-state index contributed by atoms with van der Waals surface area (Å²) in [4.78, 5) is 2.66. The van der Waals surface area contributed by atoms with Crippen LogP contribution in [0.4, 0.5) is 0 Å². The third-order valence-corrected chi connectivity index (χ3v) is 4.85. The molecule has 1 aliphatic heterocycles. The molecule has 74 valence electrons. The molecule has 1 aromatic heterocycles. The highest BCUT2D eigenvalue weighted by Crippen LogP contribution is 2.51. The number of fused-ring (bicyclic) bond motifs is 1. The molecule has 0 saturated heterocycles. The fraction of sp³-hybridized carbons (Fsp3) is 0. The highest BCUT2D eigenvalue weighted by Gasteiger charge is 2.16. The fourth-order valence-corrected chi connectivity index (χ4v) is 4.06. The standard InChI is InChI=1S/C10H6N2S3/c1-2-4-9-8(3-1)14-10(15-9)5-7-6-13-12-11-7/h1-6H. The van der Waals surface area contributed by atoms with Crippen molar-refractivity contribution in [1.82, 2.24) is 9.59 Å². The normalized spacial score (nSPS) is 14.0. The van der Waals surface area contributed by atoms with Crippen LogP contribution >= 0.6 is 35.1 Å². The number of aromatic nitrogens is 2. The molecule has 0 N–H and O–H groups in total. The molecule has 2 heterocycles. The molecule has 3 rings (SSSR count). The van der Waals surface area contributed by atoms with Gasteiger partial charge in [-0.2, -0.15) is 0 Å². The summed E-state index contributed by atoms with van der Waals surface area (Å²) in [5, 5.41) is 5.96. The van der Waals surface area contributed by atoms with E-state index in [4.69, 9.17) is 0 Å². The molecule has 0 unspecified atom stereocenters. The summed E-state index contributed by atoms with van der Waals surface area (Å²) in [6, 6.07) is 8.43. The van der Waals surface area contributed by atoms with E-state index < -0.39 is 0 Å². The summed E-state index contributed by atoms with van der Waals surface area (Å²) in [5.41, 5.74) is 0.947. The lowest BCUT2D eigenvalue weighted by molar-refractivity contribution is 1.14. The van der Waals surface area contributed by atoms with E-state index in [-0.39, 0.29) is 0 Å². The first-order chi connectivity index (χ1) is 7.42. The molecule has 5 heteroatoms. The topological polar surface area (TPSA) is 25.8 Å². The maximum atomic E-state index is 4.01. The molecule has 15 heavy (non-hydrogen) atoms. The van der Waals surface area contributed by atoms with E-state index in [2.05, 4.69) is 39.9 Å². The van der Waals surface area contributed by atoms with Crippen LogP contribution in [0.1, 0.15) is 5.69 Å². The average Bonchev–Trinajstić information content (AvgIpc) is 2.86. The summed E-state index contributed by atoms with van der Waals surface area (Å²) in [7, 11) is 0. The molecule has 0 aliphatic carbocycles. The molecule has 0 radical (unpaired) electrons. The van der Waals surface area contributed by atoms with Gasteiger partial charge in [-0.25, -0.2) is 0 Å². The highest BCUT2D eigenvalue weighted by atomic mass is 32.2. The molecule has 1 aliphatic rings. The van der Waals surface area contributed by atoms with Crippen molar-refractivity contribution in [2.24, 2.45) is 0 Å². The van der Waals surface area contributed by atoms with Gasteiger partial charge < -0.3 is 0 Å². The van der Waals surface area contributed by atoms with Crippen molar-refractivity contribution in [3.8, 4) is 0 Å². The minimum Gasteiger partial charge on any atom is -0.139 e. The van der Waals surface area contributed by atoms with Crippen molar-refractivity contribution < 1.29 is 0 Å². The van der Waals surface area contributed by atoms with Crippen molar-refractivity contribution in [2.45, 2.75) is 9.79 Å². The van der Waals surface area contributed by atoms with Gasteiger partial charge in [0.15, 0.2) is 0 Å². The van der Waals surface area contributed by atoms with E-state index in [0.29, 0.717) is 0 Å². The van der Waals surface area contributed by atoms with Crippen LogP contribution in [0.5, 0.6) is 0 Å². The van der Waals surface area contributed by atoms with Crippen LogP contribution in [0.3, 0.4) is 0 Å². The first kappa shape index (κ1) is 9.45. The Bertz CT molecular complexity index is 478. The van der Waals surface area contributed by atoms with Crippen LogP contribution in [0, 0.1) is 0 Å². The summed E-state index contributed by atoms with van der Waals surface area (Å²) in [5.74, 6) is 0. The largest absolute Gasteiger partial charge is 0.139 e. The van der Waals surface area contributed by atoms with E-state index in [0.717, 1.165) is 5.69 Å². The summed E-state index contributed by atoms with van der Waals surface area (Å²) < 4.78 is 5.11. The molecule has 0 spiro atoms. The number of rotatable bonds is 1. The summed E-state index contributed by atoms with van der Waals surface area (Å²) in [6.07, 6.45) is 2.08. The predicted octanol–water partition coefficient (Wildman–Crippen LogP) is 3.73. The summed E-state index contributed by atoms with van der Waals surface area (Å²) in [6.45, 7) is 0. The Hall–Kier alpha value is -0.780. The zero-order chi connectivity index (χ0) is 10.1. The average molecular weight is 250 g/mol. The Morgan fingerprint density at radius 2 is 1.80 bits per heavy atom. The van der Waals surface area contributed by atoms with Gasteiger partial charge in [0.1, 0.15) is 0 Å². The number of thioether (sulfide) groups is 2. The zero-order valence-electron chi connectivity index (χ0n) is 7.58. The summed E-state index contributed by atoms with van der Waals surface area (Å²) >= 11 is 4.97. The smallest absolute Gasteiger partial charge is 0.0998 e. The molecule has 1 aromatic carbocycles. The minimum atomic E-state index is 0.947. The van der Waals surface area contributed by atoms with Gasteiger partial charge in [0.2, 0.25) is 0 Å². The zero-order valence-corrected chi connectivity index (χ0v) is 10.0. The Kier molecular flexibility index (Phi) is 2.52. The lowest BCUT2D eigenvalue weighted by Gasteiger charge is -1.90. The number of hydrogen-bond donors (Lipinski definition) is 0. The van der Waals surface area contributed by atoms with Gasteiger partial charge in [-0.1, -0.05) is 40.1 Å². The monoisotopic (exact) mass is 250 g/mol.